The lowest BCUT2D eigenvalue weighted by molar-refractivity contribution is -0.116. The van der Waals surface area contributed by atoms with E-state index in [2.05, 4.69) is 10.6 Å². The van der Waals surface area contributed by atoms with E-state index in [1.54, 1.807) is 35.0 Å². The smallest absolute Gasteiger partial charge is 0.322 e. The molecule has 1 heterocycles. The second-order valence-electron chi connectivity index (χ2n) is 10.4. The minimum atomic E-state index is -0.394. The molecule has 3 rings (SSSR count). The monoisotopic (exact) mass is 559 g/mol. The number of carbonyl (C=O) groups excluding carboxylic acids is 2. The van der Waals surface area contributed by atoms with E-state index in [1.165, 1.54) is 4.90 Å². The number of benzene rings is 2. The first-order valence-corrected chi connectivity index (χ1v) is 13.3. The van der Waals surface area contributed by atoms with E-state index in [9.17, 15) is 9.59 Å². The van der Waals surface area contributed by atoms with Crippen LogP contribution in [0, 0.1) is 5.92 Å². The average molecular weight is 561 g/mol. The van der Waals surface area contributed by atoms with Crippen molar-refractivity contribution in [2.24, 2.45) is 5.92 Å². The van der Waals surface area contributed by atoms with Gasteiger partial charge in [0.05, 0.1) is 33.7 Å². The van der Waals surface area contributed by atoms with Gasteiger partial charge in [0, 0.05) is 18.0 Å². The number of nitrogens with one attached hydrogen (secondary N) is 2. The summed E-state index contributed by atoms with van der Waals surface area (Å²) in [5.74, 6) is 0.813. The molecule has 0 radical (unpaired) electrons. The molecular formula is C28H35Cl2N5O3. The minimum Gasteiger partial charge on any atom is -0.492 e. The highest BCUT2D eigenvalue weighted by Crippen LogP contribution is 2.30. The van der Waals surface area contributed by atoms with Crippen LogP contribution < -0.4 is 15.4 Å². The van der Waals surface area contributed by atoms with Crippen LogP contribution in [0.1, 0.15) is 47.2 Å². The number of nitrogens with zero attached hydrogens (tertiary/aromatic N) is 3. The second-order valence-corrected chi connectivity index (χ2v) is 11.2. The fourth-order valence-corrected chi connectivity index (χ4v) is 4.00. The molecule has 3 aromatic rings. The summed E-state index contributed by atoms with van der Waals surface area (Å²) in [6.07, 6.45) is 0. The summed E-state index contributed by atoms with van der Waals surface area (Å²) < 4.78 is 7.24. The number of rotatable bonds is 9. The number of amides is 3. The van der Waals surface area contributed by atoms with Crippen molar-refractivity contribution in [2.75, 3.05) is 30.3 Å². The van der Waals surface area contributed by atoms with Crippen LogP contribution in [0.25, 0.3) is 5.69 Å². The summed E-state index contributed by atoms with van der Waals surface area (Å²) in [5.41, 5.74) is 1.71. The van der Waals surface area contributed by atoms with Crippen LogP contribution in [0.5, 0.6) is 5.75 Å². The Hall–Kier alpha value is -3.23. The van der Waals surface area contributed by atoms with Crippen molar-refractivity contribution < 1.29 is 14.3 Å². The van der Waals surface area contributed by atoms with Gasteiger partial charge in [-0.05, 0) is 43.2 Å². The Balaban J connectivity index is 1.84. The van der Waals surface area contributed by atoms with Gasteiger partial charge in [0.25, 0.3) is 0 Å². The number of urea groups is 1. The van der Waals surface area contributed by atoms with Crippen LogP contribution in [0.4, 0.5) is 16.3 Å². The number of hydrogen-bond donors (Lipinski definition) is 2. The van der Waals surface area contributed by atoms with E-state index in [4.69, 9.17) is 33.0 Å². The highest BCUT2D eigenvalue weighted by atomic mass is 35.5. The summed E-state index contributed by atoms with van der Waals surface area (Å²) in [6, 6.07) is 13.8. The third kappa shape index (κ3) is 7.65. The molecule has 0 saturated carbocycles. The van der Waals surface area contributed by atoms with Crippen molar-refractivity contribution in [3.8, 4) is 11.4 Å². The van der Waals surface area contributed by atoms with Crippen LogP contribution in [-0.4, -0.2) is 46.3 Å². The van der Waals surface area contributed by atoms with Crippen molar-refractivity contribution in [2.45, 2.75) is 47.0 Å². The van der Waals surface area contributed by atoms with Gasteiger partial charge in [-0.2, -0.15) is 5.10 Å². The Morgan fingerprint density at radius 1 is 1.05 bits per heavy atom. The number of halogens is 2. The van der Waals surface area contributed by atoms with E-state index < -0.39 is 6.03 Å². The number of aromatic nitrogens is 2. The number of hydrogen-bond acceptors (Lipinski definition) is 4. The second kappa shape index (κ2) is 12.5. The number of carbonyl (C=O) groups is 2. The third-order valence-electron chi connectivity index (χ3n) is 5.53. The predicted octanol–water partition coefficient (Wildman–Crippen LogP) is 7.00. The van der Waals surface area contributed by atoms with Crippen LogP contribution >= 0.6 is 23.2 Å². The molecule has 2 aromatic carbocycles. The molecule has 0 unspecified atom stereocenters. The first-order chi connectivity index (χ1) is 17.9. The van der Waals surface area contributed by atoms with Crippen LogP contribution in [0.2, 0.25) is 10.0 Å². The van der Waals surface area contributed by atoms with Crippen molar-refractivity contribution in [1.82, 2.24) is 14.7 Å². The molecule has 204 valence electrons. The zero-order valence-electron chi connectivity index (χ0n) is 22.6. The molecule has 0 aliphatic rings. The van der Waals surface area contributed by atoms with Crippen molar-refractivity contribution >= 4 is 46.6 Å². The van der Waals surface area contributed by atoms with Gasteiger partial charge < -0.3 is 20.3 Å². The van der Waals surface area contributed by atoms with Gasteiger partial charge in [0.2, 0.25) is 5.91 Å². The molecule has 3 amide bonds. The van der Waals surface area contributed by atoms with Gasteiger partial charge in [-0.3, -0.25) is 4.79 Å². The average Bonchev–Trinajstić information content (AvgIpc) is 3.25. The van der Waals surface area contributed by atoms with E-state index in [0.717, 1.165) is 5.69 Å². The number of anilines is 2. The maximum atomic E-state index is 13.2. The molecule has 0 fully saturated rings. The molecule has 0 aliphatic heterocycles. The Labute approximate surface area is 234 Å². The lowest BCUT2D eigenvalue weighted by atomic mass is 9.92. The summed E-state index contributed by atoms with van der Waals surface area (Å²) in [6.45, 7) is 12.7. The lowest BCUT2D eigenvalue weighted by Gasteiger charge is -2.25. The molecular weight excluding hydrogens is 525 g/mol. The molecule has 2 N–H and O–H groups in total. The first-order valence-electron chi connectivity index (χ1n) is 12.5. The zero-order chi connectivity index (χ0) is 28.0. The third-order valence-corrected chi connectivity index (χ3v) is 6.27. The van der Waals surface area contributed by atoms with Crippen molar-refractivity contribution in [3.05, 3.63) is 64.3 Å². The normalized spacial score (nSPS) is 11.4. The Morgan fingerprint density at radius 3 is 2.39 bits per heavy atom. The topological polar surface area (TPSA) is 88.5 Å². The zero-order valence-corrected chi connectivity index (χ0v) is 24.2. The molecule has 0 spiro atoms. The van der Waals surface area contributed by atoms with Crippen molar-refractivity contribution in [3.63, 3.8) is 0 Å². The van der Waals surface area contributed by atoms with Gasteiger partial charge in [0.1, 0.15) is 18.1 Å². The molecule has 0 bridgehead atoms. The van der Waals surface area contributed by atoms with Crippen LogP contribution in [0.3, 0.4) is 0 Å². The highest BCUT2D eigenvalue weighted by Gasteiger charge is 2.24. The quantitative estimate of drug-likeness (QED) is 0.295. The molecule has 0 saturated heterocycles. The van der Waals surface area contributed by atoms with E-state index in [-0.39, 0.29) is 23.8 Å². The van der Waals surface area contributed by atoms with Gasteiger partial charge in [-0.15, -0.1) is 0 Å². The van der Waals surface area contributed by atoms with E-state index in [1.807, 2.05) is 59.7 Å². The molecule has 0 aliphatic carbocycles. The number of para-hydroxylation sites is 2. The first kappa shape index (κ1) is 29.3. The fourth-order valence-electron chi connectivity index (χ4n) is 3.71. The van der Waals surface area contributed by atoms with E-state index in [0.29, 0.717) is 46.1 Å². The maximum absolute atomic E-state index is 13.2. The summed E-state index contributed by atoms with van der Waals surface area (Å²) in [4.78, 5) is 27.9. The van der Waals surface area contributed by atoms with Gasteiger partial charge in [0.15, 0.2) is 0 Å². The summed E-state index contributed by atoms with van der Waals surface area (Å²) >= 11 is 12.3. The van der Waals surface area contributed by atoms with Crippen LogP contribution in [0.15, 0.2) is 48.5 Å². The molecule has 0 atom stereocenters. The molecule has 10 heteroatoms. The molecule has 1 aromatic heterocycles. The minimum absolute atomic E-state index is 0.143. The van der Waals surface area contributed by atoms with Gasteiger partial charge in [-0.1, -0.05) is 70.0 Å². The van der Waals surface area contributed by atoms with E-state index >= 15 is 0 Å². The maximum Gasteiger partial charge on any atom is 0.322 e. The van der Waals surface area contributed by atoms with Gasteiger partial charge in [-0.25, -0.2) is 9.48 Å². The Bertz CT molecular complexity index is 1280. The van der Waals surface area contributed by atoms with Crippen molar-refractivity contribution in [1.29, 1.82) is 0 Å². The molecule has 8 nitrogen and oxygen atoms in total. The Morgan fingerprint density at radius 2 is 1.76 bits per heavy atom. The summed E-state index contributed by atoms with van der Waals surface area (Å²) in [5, 5.41) is 11.3. The van der Waals surface area contributed by atoms with Gasteiger partial charge >= 0.3 is 6.03 Å². The fraction of sp³-hybridized carbons (Fsp3) is 0.393. The lowest BCUT2D eigenvalue weighted by Crippen LogP contribution is -2.42. The highest BCUT2D eigenvalue weighted by molar-refractivity contribution is 6.42. The van der Waals surface area contributed by atoms with Crippen LogP contribution in [-0.2, 0) is 10.2 Å². The summed E-state index contributed by atoms with van der Waals surface area (Å²) in [7, 11) is 0. The largest absolute Gasteiger partial charge is 0.492 e. The number of ether oxygens (including phenoxy) is 1. The standard InChI is InChI=1S/C28H35Cl2N5O3/c1-7-38-23-11-9-8-10-22(23)31-27(37)34(16-18(2)3)17-26(36)32-25-15-24(28(4,5)6)33-35(25)19-12-13-20(29)21(30)14-19/h8-15,18H,7,16-17H2,1-6H3,(H,31,37)(H,32,36). The molecule has 38 heavy (non-hydrogen) atoms. The predicted molar refractivity (Wildman–Crippen MR) is 154 cm³/mol. The SMILES string of the molecule is CCOc1ccccc1NC(=O)N(CC(=O)Nc1cc(C(C)(C)C)nn1-c1ccc(Cl)c(Cl)c1)CC(C)C. The Kier molecular flexibility index (Phi) is 9.68.